The van der Waals surface area contributed by atoms with Crippen LogP contribution in [0.25, 0.3) is 0 Å². The van der Waals surface area contributed by atoms with Crippen LogP contribution in [0.5, 0.6) is 0 Å². The summed E-state index contributed by atoms with van der Waals surface area (Å²) in [5.74, 6) is 0.479. The van der Waals surface area contributed by atoms with Crippen LogP contribution in [0, 0.1) is 5.92 Å². The molecule has 2 atom stereocenters. The van der Waals surface area contributed by atoms with Gasteiger partial charge in [0.25, 0.3) is 0 Å². The maximum Gasteiger partial charge on any atom is 0.306 e. The Bertz CT molecular complexity index is 178. The zero-order chi connectivity index (χ0) is 12.4. The van der Waals surface area contributed by atoms with E-state index in [-0.39, 0.29) is 12.1 Å². The summed E-state index contributed by atoms with van der Waals surface area (Å²) in [5, 5.41) is 0. The second-order valence-electron chi connectivity index (χ2n) is 4.66. The van der Waals surface area contributed by atoms with Gasteiger partial charge >= 0.3 is 5.97 Å². The average Bonchev–Trinajstić information content (AvgIpc) is 2.30. The van der Waals surface area contributed by atoms with Crippen LogP contribution < -0.4 is 0 Å². The number of carbonyl (C=O) groups excluding carboxylic acids is 1. The van der Waals surface area contributed by atoms with Gasteiger partial charge in [-0.25, -0.2) is 0 Å². The van der Waals surface area contributed by atoms with Crippen molar-refractivity contribution in [1.29, 1.82) is 0 Å². The van der Waals surface area contributed by atoms with Crippen molar-refractivity contribution in [2.75, 3.05) is 0 Å². The number of hydrogen-bond acceptors (Lipinski definition) is 2. The molecule has 0 rings (SSSR count). The fourth-order valence-corrected chi connectivity index (χ4v) is 1.86. The van der Waals surface area contributed by atoms with Gasteiger partial charge in [-0.1, -0.05) is 47.0 Å². The molecule has 0 spiro atoms. The Hall–Kier alpha value is -0.530. The van der Waals surface area contributed by atoms with E-state index in [1.807, 2.05) is 0 Å². The monoisotopic (exact) mass is 228 g/mol. The van der Waals surface area contributed by atoms with Crippen molar-refractivity contribution in [2.45, 2.75) is 78.7 Å². The first-order valence-electron chi connectivity index (χ1n) is 6.85. The molecule has 0 aliphatic heterocycles. The highest BCUT2D eigenvalue weighted by molar-refractivity contribution is 5.69. The van der Waals surface area contributed by atoms with E-state index in [0.29, 0.717) is 12.3 Å². The van der Waals surface area contributed by atoms with E-state index in [4.69, 9.17) is 4.74 Å². The third-order valence-corrected chi connectivity index (χ3v) is 3.07. The first-order valence-corrected chi connectivity index (χ1v) is 6.85. The molecule has 96 valence electrons. The van der Waals surface area contributed by atoms with Gasteiger partial charge in [-0.2, -0.15) is 0 Å². The Kier molecular flexibility index (Phi) is 9.36. The molecule has 0 aromatic carbocycles. The number of esters is 1. The van der Waals surface area contributed by atoms with Gasteiger partial charge in [0.15, 0.2) is 0 Å². The molecule has 0 bridgehead atoms. The van der Waals surface area contributed by atoms with Gasteiger partial charge in [0.1, 0.15) is 6.10 Å². The lowest BCUT2D eigenvalue weighted by molar-refractivity contribution is -0.152. The molecule has 2 unspecified atom stereocenters. The van der Waals surface area contributed by atoms with E-state index < -0.39 is 0 Å². The maximum atomic E-state index is 11.5. The number of unbranched alkanes of at least 4 members (excludes halogenated alkanes) is 2. The molecular weight excluding hydrogens is 200 g/mol. The van der Waals surface area contributed by atoms with Crippen molar-refractivity contribution in [3.05, 3.63) is 0 Å². The van der Waals surface area contributed by atoms with Crippen molar-refractivity contribution in [3.8, 4) is 0 Å². The smallest absolute Gasteiger partial charge is 0.306 e. The number of ether oxygens (including phenoxy) is 1. The zero-order valence-electron chi connectivity index (χ0n) is 11.4. The van der Waals surface area contributed by atoms with Crippen LogP contribution in [0.4, 0.5) is 0 Å². The summed E-state index contributed by atoms with van der Waals surface area (Å²) in [4.78, 5) is 11.5. The molecule has 0 radical (unpaired) electrons. The van der Waals surface area contributed by atoms with E-state index in [1.54, 1.807) is 0 Å². The summed E-state index contributed by atoms with van der Waals surface area (Å²) in [6.07, 6.45) is 7.23. The Balaban J connectivity index is 3.92. The minimum atomic E-state index is -0.0166. The van der Waals surface area contributed by atoms with E-state index >= 15 is 0 Å². The second kappa shape index (κ2) is 9.68. The lowest BCUT2D eigenvalue weighted by atomic mass is 9.96. The molecule has 16 heavy (non-hydrogen) atoms. The number of carbonyl (C=O) groups is 1. The fraction of sp³-hybridized carbons (Fsp3) is 0.929. The Labute approximate surface area is 101 Å². The molecule has 0 heterocycles. The van der Waals surface area contributed by atoms with Gasteiger partial charge in [-0.15, -0.1) is 0 Å². The van der Waals surface area contributed by atoms with Gasteiger partial charge in [0.05, 0.1) is 0 Å². The third-order valence-electron chi connectivity index (χ3n) is 3.07. The minimum absolute atomic E-state index is 0.0166. The van der Waals surface area contributed by atoms with Crippen LogP contribution in [0.1, 0.15) is 72.6 Å². The van der Waals surface area contributed by atoms with E-state index in [9.17, 15) is 4.79 Å². The Morgan fingerprint density at radius 2 is 1.75 bits per heavy atom. The van der Waals surface area contributed by atoms with Crippen LogP contribution >= 0.6 is 0 Å². The van der Waals surface area contributed by atoms with Gasteiger partial charge < -0.3 is 4.74 Å². The molecular formula is C14H28O2. The normalized spacial score (nSPS) is 14.5. The van der Waals surface area contributed by atoms with Gasteiger partial charge in [-0.05, 0) is 25.2 Å². The topological polar surface area (TPSA) is 26.3 Å². The van der Waals surface area contributed by atoms with Crippen LogP contribution in [0.15, 0.2) is 0 Å². The lowest BCUT2D eigenvalue weighted by Gasteiger charge is -2.22. The van der Waals surface area contributed by atoms with Crippen molar-refractivity contribution in [3.63, 3.8) is 0 Å². The predicted molar refractivity (Wildman–Crippen MR) is 68.4 cm³/mol. The minimum Gasteiger partial charge on any atom is -0.462 e. The number of hydrogen-bond donors (Lipinski definition) is 0. The van der Waals surface area contributed by atoms with Crippen LogP contribution in [0.2, 0.25) is 0 Å². The van der Waals surface area contributed by atoms with E-state index in [2.05, 4.69) is 27.7 Å². The zero-order valence-corrected chi connectivity index (χ0v) is 11.4. The van der Waals surface area contributed by atoms with Gasteiger partial charge in [0.2, 0.25) is 0 Å². The van der Waals surface area contributed by atoms with E-state index in [1.165, 1.54) is 12.8 Å². The lowest BCUT2D eigenvalue weighted by Crippen LogP contribution is -2.24. The fourth-order valence-electron chi connectivity index (χ4n) is 1.86. The highest BCUT2D eigenvalue weighted by Crippen LogP contribution is 2.18. The molecule has 0 N–H and O–H groups in total. The largest absolute Gasteiger partial charge is 0.462 e. The molecule has 2 heteroatoms. The Morgan fingerprint density at radius 1 is 1.12 bits per heavy atom. The van der Waals surface area contributed by atoms with Crippen molar-refractivity contribution >= 4 is 5.97 Å². The summed E-state index contributed by atoms with van der Waals surface area (Å²) in [7, 11) is 0. The molecule has 0 aliphatic carbocycles. The summed E-state index contributed by atoms with van der Waals surface area (Å²) in [6.45, 7) is 8.58. The van der Waals surface area contributed by atoms with E-state index in [0.717, 1.165) is 25.7 Å². The van der Waals surface area contributed by atoms with Gasteiger partial charge in [-0.3, -0.25) is 4.79 Å². The first kappa shape index (κ1) is 15.5. The second-order valence-corrected chi connectivity index (χ2v) is 4.66. The molecule has 0 aromatic rings. The summed E-state index contributed by atoms with van der Waals surface area (Å²) >= 11 is 0. The van der Waals surface area contributed by atoms with Crippen LogP contribution in [0.3, 0.4) is 0 Å². The molecule has 2 nitrogen and oxygen atoms in total. The average molecular weight is 228 g/mol. The van der Waals surface area contributed by atoms with Crippen LogP contribution in [-0.4, -0.2) is 12.1 Å². The molecule has 0 aliphatic rings. The highest BCUT2D eigenvalue weighted by Gasteiger charge is 2.18. The maximum absolute atomic E-state index is 11.5. The first-order chi connectivity index (χ1) is 7.65. The summed E-state index contributed by atoms with van der Waals surface area (Å²) in [6, 6.07) is 0. The Morgan fingerprint density at radius 3 is 2.25 bits per heavy atom. The van der Waals surface area contributed by atoms with Crippen molar-refractivity contribution < 1.29 is 9.53 Å². The molecule has 0 saturated carbocycles. The molecule has 0 amide bonds. The third kappa shape index (κ3) is 6.86. The molecule has 0 fully saturated rings. The standard InChI is InChI=1S/C14H28O2/c1-5-8-10-12(4)13(7-3)16-14(15)11-9-6-2/h12-13H,5-11H2,1-4H3. The molecule has 0 saturated heterocycles. The summed E-state index contributed by atoms with van der Waals surface area (Å²) in [5.41, 5.74) is 0. The SMILES string of the molecule is CCCCC(=O)OC(CC)C(C)CCCC. The molecule has 0 aromatic heterocycles. The van der Waals surface area contributed by atoms with Gasteiger partial charge in [0, 0.05) is 6.42 Å². The number of rotatable bonds is 9. The quantitative estimate of drug-likeness (QED) is 0.549. The summed E-state index contributed by atoms with van der Waals surface area (Å²) < 4.78 is 5.52. The van der Waals surface area contributed by atoms with Crippen molar-refractivity contribution in [2.24, 2.45) is 5.92 Å². The predicted octanol–water partition coefficient (Wildman–Crippen LogP) is 4.32. The van der Waals surface area contributed by atoms with Crippen molar-refractivity contribution in [1.82, 2.24) is 0 Å². The van der Waals surface area contributed by atoms with Crippen LogP contribution in [-0.2, 0) is 9.53 Å². The highest BCUT2D eigenvalue weighted by atomic mass is 16.5.